The molecule has 0 atom stereocenters. The maximum absolute atomic E-state index is 12.3. The van der Waals surface area contributed by atoms with Gasteiger partial charge in [-0.15, -0.1) is 0 Å². The molecule has 0 aliphatic heterocycles. The van der Waals surface area contributed by atoms with Gasteiger partial charge in [-0.1, -0.05) is 19.9 Å². The van der Waals surface area contributed by atoms with Crippen LogP contribution < -0.4 is 0 Å². The molecule has 0 saturated heterocycles. The molecule has 1 nitrogen and oxygen atoms in total. The number of hydrogen-bond donors (Lipinski definition) is 0. The van der Waals surface area contributed by atoms with E-state index in [-0.39, 0.29) is 34.4 Å². The average molecular weight is 262 g/mol. The minimum absolute atomic E-state index is 0.0125. The van der Waals surface area contributed by atoms with Crippen LogP contribution in [-0.4, -0.2) is 11.3 Å². The van der Waals surface area contributed by atoms with E-state index in [0.29, 0.717) is 6.42 Å². The Morgan fingerprint density at radius 2 is 1.94 bits per heavy atom. The normalized spacial score (nSPS) is 11.6. The van der Waals surface area contributed by atoms with Crippen LogP contribution in [0.15, 0.2) is 23.1 Å². The molecule has 17 heavy (non-hydrogen) atoms. The third-order valence-electron chi connectivity index (χ3n) is 2.30. The number of aryl methyl sites for hydroxylation is 1. The monoisotopic (exact) mass is 262 g/mol. The number of hydrogen-bond acceptors (Lipinski definition) is 2. The Hall–Kier alpha value is -0.970. The predicted molar refractivity (Wildman–Crippen MR) is 62.4 cm³/mol. The zero-order chi connectivity index (χ0) is 13.1. The Labute approximate surface area is 102 Å². The van der Waals surface area contributed by atoms with Gasteiger partial charge in [-0.3, -0.25) is 4.79 Å². The lowest BCUT2D eigenvalue weighted by molar-refractivity contribution is -0.0328. The molecule has 0 amide bonds. The smallest absolute Gasteiger partial charge is 0.294 e. The zero-order valence-electron chi connectivity index (χ0n) is 9.60. The fraction of sp³-hybridized carbons (Fsp3) is 0.417. The summed E-state index contributed by atoms with van der Waals surface area (Å²) < 4.78 is 37.0. The van der Waals surface area contributed by atoms with Crippen LogP contribution in [0.5, 0.6) is 0 Å². The van der Waals surface area contributed by atoms with Gasteiger partial charge in [-0.25, -0.2) is 0 Å². The Kier molecular flexibility index (Phi) is 4.62. The summed E-state index contributed by atoms with van der Waals surface area (Å²) in [6.45, 7) is 3.54. The Bertz CT molecular complexity index is 413. The highest BCUT2D eigenvalue weighted by Crippen LogP contribution is 2.39. The summed E-state index contributed by atoms with van der Waals surface area (Å²) >= 11 is -0.231. The van der Waals surface area contributed by atoms with Gasteiger partial charge in [0.2, 0.25) is 0 Å². The zero-order valence-corrected chi connectivity index (χ0v) is 10.4. The SMILES string of the molecule is CCC(=O)c1cc(CC)ccc1SC(F)(F)F. The van der Waals surface area contributed by atoms with Gasteiger partial charge < -0.3 is 0 Å². The van der Waals surface area contributed by atoms with Gasteiger partial charge in [0.05, 0.1) is 0 Å². The van der Waals surface area contributed by atoms with Crippen LogP contribution in [-0.2, 0) is 6.42 Å². The Balaban J connectivity index is 3.15. The van der Waals surface area contributed by atoms with Crippen LogP contribution in [0.2, 0.25) is 0 Å². The quantitative estimate of drug-likeness (QED) is 0.589. The first kappa shape index (κ1) is 14.1. The van der Waals surface area contributed by atoms with Gasteiger partial charge in [-0.05, 0) is 35.9 Å². The largest absolute Gasteiger partial charge is 0.446 e. The van der Waals surface area contributed by atoms with Crippen molar-refractivity contribution in [2.45, 2.75) is 37.1 Å². The molecule has 0 heterocycles. The number of carbonyl (C=O) groups is 1. The maximum atomic E-state index is 12.3. The fourth-order valence-corrected chi connectivity index (χ4v) is 2.09. The molecule has 0 aromatic heterocycles. The number of carbonyl (C=O) groups excluding carboxylic acids is 1. The van der Waals surface area contributed by atoms with E-state index < -0.39 is 5.51 Å². The van der Waals surface area contributed by atoms with Crippen molar-refractivity contribution in [1.82, 2.24) is 0 Å². The minimum Gasteiger partial charge on any atom is -0.294 e. The van der Waals surface area contributed by atoms with E-state index in [1.54, 1.807) is 19.1 Å². The topological polar surface area (TPSA) is 17.1 Å². The molecule has 0 spiro atoms. The minimum atomic E-state index is -4.36. The number of benzene rings is 1. The van der Waals surface area contributed by atoms with Crippen LogP contribution >= 0.6 is 11.8 Å². The number of ketones is 1. The van der Waals surface area contributed by atoms with Crippen molar-refractivity contribution >= 4 is 17.5 Å². The summed E-state index contributed by atoms with van der Waals surface area (Å²) in [5.74, 6) is -0.257. The molecule has 0 N–H and O–H groups in total. The number of alkyl halides is 3. The van der Waals surface area contributed by atoms with Gasteiger partial charge >= 0.3 is 5.51 Å². The van der Waals surface area contributed by atoms with E-state index >= 15 is 0 Å². The molecule has 5 heteroatoms. The molecule has 94 valence electrons. The predicted octanol–water partition coefficient (Wildman–Crippen LogP) is 4.45. The maximum Gasteiger partial charge on any atom is 0.446 e. The van der Waals surface area contributed by atoms with Gasteiger partial charge in [0, 0.05) is 16.9 Å². The molecular formula is C12H13F3OS. The van der Waals surface area contributed by atoms with Crippen LogP contribution in [0, 0.1) is 0 Å². The number of thioether (sulfide) groups is 1. The molecule has 0 aliphatic rings. The van der Waals surface area contributed by atoms with Gasteiger partial charge in [0.15, 0.2) is 5.78 Å². The first-order chi connectivity index (χ1) is 7.87. The molecule has 0 aliphatic carbocycles. The van der Waals surface area contributed by atoms with E-state index in [0.717, 1.165) is 5.56 Å². The molecule has 1 rings (SSSR count). The van der Waals surface area contributed by atoms with E-state index in [1.165, 1.54) is 6.07 Å². The summed E-state index contributed by atoms with van der Waals surface area (Å²) in [5, 5.41) is 0. The highest BCUT2D eigenvalue weighted by molar-refractivity contribution is 8.00. The summed E-state index contributed by atoms with van der Waals surface area (Å²) in [6, 6.07) is 4.56. The first-order valence-electron chi connectivity index (χ1n) is 5.29. The molecule has 0 unspecified atom stereocenters. The van der Waals surface area contributed by atoms with Crippen molar-refractivity contribution in [3.63, 3.8) is 0 Å². The molecule has 0 fully saturated rings. The molecule has 0 bridgehead atoms. The van der Waals surface area contributed by atoms with Crippen molar-refractivity contribution in [1.29, 1.82) is 0 Å². The average Bonchev–Trinajstić information content (AvgIpc) is 2.26. The first-order valence-corrected chi connectivity index (χ1v) is 6.11. The summed E-state index contributed by atoms with van der Waals surface area (Å²) in [6.07, 6.45) is 0.902. The third-order valence-corrected chi connectivity index (χ3v) is 3.11. The number of Topliss-reactive ketones (excluding diaryl/α,β-unsaturated/α-hetero) is 1. The highest BCUT2D eigenvalue weighted by atomic mass is 32.2. The van der Waals surface area contributed by atoms with Crippen molar-refractivity contribution in [2.75, 3.05) is 0 Å². The van der Waals surface area contributed by atoms with Gasteiger partial charge in [0.25, 0.3) is 0 Å². The number of rotatable bonds is 4. The van der Waals surface area contributed by atoms with Crippen molar-refractivity contribution in [3.05, 3.63) is 29.3 Å². The molecule has 0 radical (unpaired) electrons. The summed E-state index contributed by atoms with van der Waals surface area (Å²) in [5.41, 5.74) is -3.32. The third kappa shape index (κ3) is 4.07. The van der Waals surface area contributed by atoms with Crippen molar-refractivity contribution in [2.24, 2.45) is 0 Å². The number of halogens is 3. The molecule has 1 aromatic carbocycles. The Morgan fingerprint density at radius 3 is 2.41 bits per heavy atom. The fourth-order valence-electron chi connectivity index (χ4n) is 1.42. The van der Waals surface area contributed by atoms with E-state index in [1.807, 2.05) is 6.92 Å². The van der Waals surface area contributed by atoms with Crippen molar-refractivity contribution in [3.8, 4) is 0 Å². The molecule has 0 saturated carbocycles. The molecule has 1 aromatic rings. The second-order valence-corrected chi connectivity index (χ2v) is 4.62. The summed E-state index contributed by atoms with van der Waals surface area (Å²) in [7, 11) is 0. The lowest BCUT2D eigenvalue weighted by Crippen LogP contribution is -2.05. The lowest BCUT2D eigenvalue weighted by Gasteiger charge is -2.11. The second-order valence-electron chi connectivity index (χ2n) is 3.51. The highest BCUT2D eigenvalue weighted by Gasteiger charge is 2.31. The lowest BCUT2D eigenvalue weighted by atomic mass is 10.0. The second kappa shape index (κ2) is 5.58. The van der Waals surface area contributed by atoms with E-state index in [2.05, 4.69) is 0 Å². The van der Waals surface area contributed by atoms with Crippen LogP contribution in [0.4, 0.5) is 13.2 Å². The van der Waals surface area contributed by atoms with Gasteiger partial charge in [-0.2, -0.15) is 13.2 Å². The van der Waals surface area contributed by atoms with Crippen LogP contribution in [0.3, 0.4) is 0 Å². The van der Waals surface area contributed by atoms with E-state index in [9.17, 15) is 18.0 Å². The Morgan fingerprint density at radius 1 is 1.29 bits per heavy atom. The van der Waals surface area contributed by atoms with Crippen LogP contribution in [0.25, 0.3) is 0 Å². The molecular weight excluding hydrogens is 249 g/mol. The van der Waals surface area contributed by atoms with E-state index in [4.69, 9.17) is 0 Å². The van der Waals surface area contributed by atoms with Gasteiger partial charge in [0.1, 0.15) is 0 Å². The van der Waals surface area contributed by atoms with Crippen LogP contribution in [0.1, 0.15) is 36.2 Å². The van der Waals surface area contributed by atoms with Crippen molar-refractivity contribution < 1.29 is 18.0 Å². The standard InChI is InChI=1S/C12H13F3OS/c1-3-8-5-6-11(17-12(13,14)15)9(7-8)10(16)4-2/h5-7H,3-4H2,1-2H3. The summed E-state index contributed by atoms with van der Waals surface area (Å²) in [4.78, 5) is 11.6.